The molecule has 2 aliphatic heterocycles. The van der Waals surface area contributed by atoms with Gasteiger partial charge in [-0.25, -0.2) is 0 Å². The van der Waals surface area contributed by atoms with Gasteiger partial charge in [0.1, 0.15) is 0 Å². The molecule has 1 saturated carbocycles. The van der Waals surface area contributed by atoms with Gasteiger partial charge in [0.2, 0.25) is 11.8 Å². The van der Waals surface area contributed by atoms with Crippen LogP contribution in [0.5, 0.6) is 0 Å². The fraction of sp³-hybridized carbons (Fsp3) is 0.875. The molecule has 2 heterocycles. The second-order valence-corrected chi connectivity index (χ2v) is 6.98. The normalized spacial score (nSPS) is 28.0. The van der Waals surface area contributed by atoms with Crippen LogP contribution in [-0.4, -0.2) is 61.5 Å². The summed E-state index contributed by atoms with van der Waals surface area (Å²) < 4.78 is 0. The highest BCUT2D eigenvalue weighted by Crippen LogP contribution is 2.19. The topological polar surface area (TPSA) is 73.5 Å². The van der Waals surface area contributed by atoms with E-state index in [0.717, 1.165) is 64.7 Å². The van der Waals surface area contributed by atoms with Crippen molar-refractivity contribution in [3.05, 3.63) is 0 Å². The van der Waals surface area contributed by atoms with Gasteiger partial charge in [-0.05, 0) is 57.5 Å². The van der Waals surface area contributed by atoms with Crippen molar-refractivity contribution in [3.63, 3.8) is 0 Å². The zero-order valence-corrected chi connectivity index (χ0v) is 14.5. The van der Waals surface area contributed by atoms with E-state index in [1.807, 2.05) is 0 Å². The maximum Gasteiger partial charge on any atom is 0.237 e. The predicted octanol–water partition coefficient (Wildman–Crippen LogP) is 0.267. The molecule has 3 aliphatic rings. The molecule has 6 nitrogen and oxygen atoms in total. The molecule has 7 heteroatoms. The highest BCUT2D eigenvalue weighted by Gasteiger charge is 2.27. The first-order valence-corrected chi connectivity index (χ1v) is 8.73. The van der Waals surface area contributed by atoms with E-state index in [1.165, 1.54) is 0 Å². The van der Waals surface area contributed by atoms with Gasteiger partial charge in [0, 0.05) is 19.1 Å². The quantitative estimate of drug-likeness (QED) is 0.646. The molecule has 0 aromatic rings. The second-order valence-electron chi connectivity index (χ2n) is 6.98. The van der Waals surface area contributed by atoms with Gasteiger partial charge in [-0.1, -0.05) is 0 Å². The molecule has 0 spiro atoms. The maximum absolute atomic E-state index is 12.0. The molecule has 3 rings (SSSR count). The molecule has 2 saturated heterocycles. The molecule has 132 valence electrons. The Kier molecular flexibility index (Phi) is 7.11. The van der Waals surface area contributed by atoms with Crippen molar-refractivity contribution >= 4 is 24.2 Å². The standard InChI is InChI=1S/C16H28N4O2.ClH/c21-15(19-13-5-6-13)11-20-8-2-3-12(10-20)9-18-16(22)14-4-1-7-17-14;/h12-14,17H,1-11H2,(H,18,22)(H,19,21);1H. The molecule has 2 unspecified atom stereocenters. The van der Waals surface area contributed by atoms with Crippen LogP contribution in [0.2, 0.25) is 0 Å². The Hall–Kier alpha value is -0.850. The third-order valence-electron chi connectivity index (χ3n) is 4.85. The molecule has 0 radical (unpaired) electrons. The summed E-state index contributed by atoms with van der Waals surface area (Å²) in [6.45, 7) is 4.09. The minimum atomic E-state index is 0. The fourth-order valence-corrected chi connectivity index (χ4v) is 3.44. The molecular weight excluding hydrogens is 316 g/mol. The largest absolute Gasteiger partial charge is 0.354 e. The van der Waals surface area contributed by atoms with Gasteiger partial charge in [0.25, 0.3) is 0 Å². The van der Waals surface area contributed by atoms with Crippen LogP contribution in [0.4, 0.5) is 0 Å². The third kappa shape index (κ3) is 5.94. The van der Waals surface area contributed by atoms with Gasteiger partial charge < -0.3 is 16.0 Å². The number of likely N-dealkylation sites (tertiary alicyclic amines) is 1. The number of hydrogen-bond donors (Lipinski definition) is 3. The summed E-state index contributed by atoms with van der Waals surface area (Å²) >= 11 is 0. The van der Waals surface area contributed by atoms with Gasteiger partial charge >= 0.3 is 0 Å². The van der Waals surface area contributed by atoms with Crippen molar-refractivity contribution in [2.75, 3.05) is 32.7 Å². The molecule has 3 N–H and O–H groups in total. The van der Waals surface area contributed by atoms with Crippen LogP contribution in [-0.2, 0) is 9.59 Å². The SMILES string of the molecule is Cl.O=C(CN1CCCC(CNC(=O)C2CCCN2)C1)NC1CC1. The Balaban J connectivity index is 0.00000192. The Bertz CT molecular complexity index is 411. The summed E-state index contributed by atoms with van der Waals surface area (Å²) in [5.41, 5.74) is 0. The van der Waals surface area contributed by atoms with Crippen molar-refractivity contribution < 1.29 is 9.59 Å². The zero-order valence-electron chi connectivity index (χ0n) is 13.7. The minimum absolute atomic E-state index is 0. The third-order valence-corrected chi connectivity index (χ3v) is 4.85. The van der Waals surface area contributed by atoms with E-state index in [-0.39, 0.29) is 30.3 Å². The smallest absolute Gasteiger partial charge is 0.237 e. The van der Waals surface area contributed by atoms with Crippen LogP contribution in [0.3, 0.4) is 0 Å². The van der Waals surface area contributed by atoms with E-state index in [4.69, 9.17) is 0 Å². The van der Waals surface area contributed by atoms with Crippen LogP contribution < -0.4 is 16.0 Å². The second kappa shape index (κ2) is 8.85. The molecular formula is C16H29ClN4O2. The van der Waals surface area contributed by atoms with E-state index < -0.39 is 0 Å². The van der Waals surface area contributed by atoms with Gasteiger partial charge in [-0.3, -0.25) is 14.5 Å². The molecule has 2 atom stereocenters. The van der Waals surface area contributed by atoms with E-state index in [9.17, 15) is 9.59 Å². The summed E-state index contributed by atoms with van der Waals surface area (Å²) in [5, 5.41) is 9.35. The number of halogens is 1. The van der Waals surface area contributed by atoms with Gasteiger partial charge in [-0.15, -0.1) is 12.4 Å². The van der Waals surface area contributed by atoms with Crippen molar-refractivity contribution in [1.29, 1.82) is 0 Å². The first kappa shape index (κ1) is 18.5. The van der Waals surface area contributed by atoms with Crippen molar-refractivity contribution in [2.45, 2.75) is 50.6 Å². The molecule has 2 amide bonds. The zero-order chi connectivity index (χ0) is 15.4. The average Bonchev–Trinajstić information content (AvgIpc) is 3.15. The first-order chi connectivity index (χ1) is 10.7. The fourth-order valence-electron chi connectivity index (χ4n) is 3.44. The lowest BCUT2D eigenvalue weighted by Crippen LogP contribution is -2.47. The number of rotatable bonds is 6. The number of carbonyl (C=O) groups excluding carboxylic acids is 2. The maximum atomic E-state index is 12.0. The predicted molar refractivity (Wildman–Crippen MR) is 91.6 cm³/mol. The molecule has 23 heavy (non-hydrogen) atoms. The lowest BCUT2D eigenvalue weighted by atomic mass is 9.98. The van der Waals surface area contributed by atoms with Gasteiger partial charge in [0.15, 0.2) is 0 Å². The average molecular weight is 345 g/mol. The lowest BCUT2D eigenvalue weighted by Gasteiger charge is -2.32. The molecule has 0 bridgehead atoms. The number of nitrogens with one attached hydrogen (secondary N) is 3. The van der Waals surface area contributed by atoms with Crippen LogP contribution in [0.25, 0.3) is 0 Å². The van der Waals surface area contributed by atoms with Crippen molar-refractivity contribution in [2.24, 2.45) is 5.92 Å². The van der Waals surface area contributed by atoms with E-state index in [2.05, 4.69) is 20.9 Å². The van der Waals surface area contributed by atoms with E-state index >= 15 is 0 Å². The van der Waals surface area contributed by atoms with Crippen LogP contribution in [0, 0.1) is 5.92 Å². The number of hydrogen-bond acceptors (Lipinski definition) is 4. The lowest BCUT2D eigenvalue weighted by molar-refractivity contribution is -0.124. The molecule has 0 aromatic carbocycles. The molecule has 1 aliphatic carbocycles. The highest BCUT2D eigenvalue weighted by atomic mass is 35.5. The Labute approximate surface area is 144 Å². The van der Waals surface area contributed by atoms with Crippen LogP contribution >= 0.6 is 12.4 Å². The number of amides is 2. The van der Waals surface area contributed by atoms with E-state index in [1.54, 1.807) is 0 Å². The molecule has 3 fully saturated rings. The summed E-state index contributed by atoms with van der Waals surface area (Å²) in [4.78, 5) is 26.1. The van der Waals surface area contributed by atoms with Gasteiger partial charge in [0.05, 0.1) is 12.6 Å². The van der Waals surface area contributed by atoms with Crippen molar-refractivity contribution in [3.8, 4) is 0 Å². The first-order valence-electron chi connectivity index (χ1n) is 8.73. The van der Waals surface area contributed by atoms with Crippen LogP contribution in [0.15, 0.2) is 0 Å². The number of carbonyl (C=O) groups is 2. The highest BCUT2D eigenvalue weighted by molar-refractivity contribution is 5.85. The van der Waals surface area contributed by atoms with E-state index in [0.29, 0.717) is 18.5 Å². The summed E-state index contributed by atoms with van der Waals surface area (Å²) in [6.07, 6.45) is 6.55. The Morgan fingerprint density at radius 3 is 2.65 bits per heavy atom. The van der Waals surface area contributed by atoms with Crippen molar-refractivity contribution in [1.82, 2.24) is 20.9 Å². The minimum Gasteiger partial charge on any atom is -0.354 e. The monoisotopic (exact) mass is 344 g/mol. The Morgan fingerprint density at radius 2 is 1.96 bits per heavy atom. The summed E-state index contributed by atoms with van der Waals surface area (Å²) in [5.74, 6) is 0.760. The molecule has 0 aromatic heterocycles. The number of nitrogens with zero attached hydrogens (tertiary/aromatic N) is 1. The summed E-state index contributed by atoms with van der Waals surface area (Å²) in [6, 6.07) is 0.440. The summed E-state index contributed by atoms with van der Waals surface area (Å²) in [7, 11) is 0. The van der Waals surface area contributed by atoms with Crippen LogP contribution in [0.1, 0.15) is 38.5 Å². The number of piperidine rings is 1. The van der Waals surface area contributed by atoms with Gasteiger partial charge in [-0.2, -0.15) is 0 Å². The Morgan fingerprint density at radius 1 is 1.13 bits per heavy atom.